The van der Waals surface area contributed by atoms with Crippen LogP contribution in [0.5, 0.6) is 0 Å². The van der Waals surface area contributed by atoms with Gasteiger partial charge < -0.3 is 5.32 Å². The van der Waals surface area contributed by atoms with E-state index in [0.29, 0.717) is 10.8 Å². The molecular formula is C13H17FN2S. The Bertz CT molecular complexity index is 431. The van der Waals surface area contributed by atoms with Gasteiger partial charge in [0.2, 0.25) is 0 Å². The average Bonchev–Trinajstić information content (AvgIpc) is 2.72. The van der Waals surface area contributed by atoms with E-state index in [1.807, 2.05) is 6.07 Å². The fourth-order valence-corrected chi connectivity index (χ4v) is 2.95. The van der Waals surface area contributed by atoms with Crippen LogP contribution in [0.4, 0.5) is 10.1 Å². The van der Waals surface area contributed by atoms with Crippen LogP contribution in [0.1, 0.15) is 25.3 Å². The van der Waals surface area contributed by atoms with Crippen molar-refractivity contribution in [1.29, 1.82) is 0 Å². The fraction of sp³-hybridized carbons (Fsp3) is 0.462. The second-order valence-electron chi connectivity index (χ2n) is 4.26. The molecular weight excluding hydrogens is 235 g/mol. The van der Waals surface area contributed by atoms with Gasteiger partial charge in [0, 0.05) is 10.9 Å². The third-order valence-corrected chi connectivity index (χ3v) is 3.91. The smallest absolute Gasteiger partial charge is 0.161 e. The van der Waals surface area contributed by atoms with Crippen molar-refractivity contribution >= 4 is 22.6 Å². The van der Waals surface area contributed by atoms with Crippen molar-refractivity contribution in [3.8, 4) is 0 Å². The maximum Gasteiger partial charge on any atom is 0.161 e. The lowest BCUT2D eigenvalue weighted by atomic mass is 10.2. The van der Waals surface area contributed by atoms with Crippen molar-refractivity contribution in [2.45, 2.75) is 31.9 Å². The van der Waals surface area contributed by atoms with Gasteiger partial charge in [-0.05, 0) is 37.1 Å². The maximum atomic E-state index is 13.1. The summed E-state index contributed by atoms with van der Waals surface area (Å²) in [5.74, 6) is -0.166. The Morgan fingerprint density at radius 1 is 1.53 bits per heavy atom. The SMILES string of the molecule is CCCC1CN=C(Nc2ccc(F)c(C)c2)S1. The van der Waals surface area contributed by atoms with E-state index in [-0.39, 0.29) is 5.82 Å². The summed E-state index contributed by atoms with van der Waals surface area (Å²) in [6.07, 6.45) is 2.39. The zero-order valence-corrected chi connectivity index (χ0v) is 11.0. The number of anilines is 1. The van der Waals surface area contributed by atoms with E-state index in [1.165, 1.54) is 18.9 Å². The van der Waals surface area contributed by atoms with Gasteiger partial charge in [-0.15, -0.1) is 0 Å². The zero-order chi connectivity index (χ0) is 12.3. The monoisotopic (exact) mass is 252 g/mol. The second-order valence-corrected chi connectivity index (χ2v) is 5.55. The minimum atomic E-state index is -0.166. The summed E-state index contributed by atoms with van der Waals surface area (Å²) in [5, 5.41) is 4.80. The lowest BCUT2D eigenvalue weighted by molar-refractivity contribution is 0.619. The third-order valence-electron chi connectivity index (χ3n) is 2.74. The Labute approximate surface area is 106 Å². The predicted octanol–water partition coefficient (Wildman–Crippen LogP) is 3.82. The fourth-order valence-electron chi connectivity index (χ4n) is 1.80. The Hall–Kier alpha value is -1.03. The van der Waals surface area contributed by atoms with Crippen LogP contribution < -0.4 is 5.32 Å². The maximum absolute atomic E-state index is 13.1. The second kappa shape index (κ2) is 5.54. The number of aryl methyl sites for hydroxylation is 1. The van der Waals surface area contributed by atoms with Crippen LogP contribution in [0, 0.1) is 12.7 Å². The number of aliphatic imine (C=N–C) groups is 1. The molecule has 0 aromatic heterocycles. The molecule has 92 valence electrons. The number of halogens is 1. The molecule has 1 aliphatic heterocycles. The number of benzene rings is 1. The topological polar surface area (TPSA) is 24.4 Å². The van der Waals surface area contributed by atoms with Crippen LogP contribution >= 0.6 is 11.8 Å². The lowest BCUT2D eigenvalue weighted by Crippen LogP contribution is -2.07. The molecule has 0 bridgehead atoms. The molecule has 0 spiro atoms. The van der Waals surface area contributed by atoms with Crippen molar-refractivity contribution in [2.24, 2.45) is 4.99 Å². The van der Waals surface area contributed by atoms with Crippen LogP contribution in [-0.4, -0.2) is 17.0 Å². The Balaban J connectivity index is 1.96. The van der Waals surface area contributed by atoms with Crippen molar-refractivity contribution < 1.29 is 4.39 Å². The molecule has 1 atom stereocenters. The van der Waals surface area contributed by atoms with Gasteiger partial charge in [0.05, 0.1) is 6.54 Å². The molecule has 1 unspecified atom stereocenters. The molecule has 0 fully saturated rings. The van der Waals surface area contributed by atoms with Crippen molar-refractivity contribution in [1.82, 2.24) is 0 Å². The van der Waals surface area contributed by atoms with E-state index < -0.39 is 0 Å². The van der Waals surface area contributed by atoms with Crippen LogP contribution in [0.25, 0.3) is 0 Å². The lowest BCUT2D eigenvalue weighted by Gasteiger charge is -2.08. The van der Waals surface area contributed by atoms with Crippen LogP contribution in [0.3, 0.4) is 0 Å². The first kappa shape index (κ1) is 12.4. The molecule has 1 aliphatic rings. The first-order valence-corrected chi connectivity index (χ1v) is 6.81. The van der Waals surface area contributed by atoms with Gasteiger partial charge in [0.15, 0.2) is 5.17 Å². The number of nitrogens with zero attached hydrogens (tertiary/aromatic N) is 1. The summed E-state index contributed by atoms with van der Waals surface area (Å²) in [6, 6.07) is 5.05. The number of amidine groups is 1. The highest BCUT2D eigenvalue weighted by atomic mass is 32.2. The van der Waals surface area contributed by atoms with E-state index in [0.717, 1.165) is 17.4 Å². The Morgan fingerprint density at radius 3 is 3.06 bits per heavy atom. The molecule has 0 aliphatic carbocycles. The molecule has 1 heterocycles. The molecule has 1 N–H and O–H groups in total. The summed E-state index contributed by atoms with van der Waals surface area (Å²) in [7, 11) is 0. The van der Waals surface area contributed by atoms with Gasteiger partial charge in [-0.25, -0.2) is 4.39 Å². The van der Waals surface area contributed by atoms with E-state index >= 15 is 0 Å². The molecule has 1 aromatic rings. The molecule has 2 rings (SSSR count). The number of nitrogens with one attached hydrogen (secondary N) is 1. The molecule has 17 heavy (non-hydrogen) atoms. The summed E-state index contributed by atoms with van der Waals surface area (Å²) in [4.78, 5) is 4.46. The number of rotatable bonds is 3. The molecule has 0 radical (unpaired) electrons. The number of thioether (sulfide) groups is 1. The van der Waals surface area contributed by atoms with Gasteiger partial charge in [0.25, 0.3) is 0 Å². The van der Waals surface area contributed by atoms with Crippen LogP contribution in [-0.2, 0) is 0 Å². The summed E-state index contributed by atoms with van der Waals surface area (Å²) < 4.78 is 13.1. The largest absolute Gasteiger partial charge is 0.335 e. The average molecular weight is 252 g/mol. The molecule has 4 heteroatoms. The third kappa shape index (κ3) is 3.22. The van der Waals surface area contributed by atoms with Gasteiger partial charge in [-0.3, -0.25) is 4.99 Å². The minimum absolute atomic E-state index is 0.166. The number of hydrogen-bond donors (Lipinski definition) is 1. The normalized spacial score (nSPS) is 19.2. The van der Waals surface area contributed by atoms with Gasteiger partial charge in [-0.1, -0.05) is 25.1 Å². The van der Waals surface area contributed by atoms with Crippen LogP contribution in [0.15, 0.2) is 23.2 Å². The van der Waals surface area contributed by atoms with Gasteiger partial charge in [0.1, 0.15) is 5.82 Å². The van der Waals surface area contributed by atoms with E-state index in [4.69, 9.17) is 0 Å². The first-order valence-electron chi connectivity index (χ1n) is 5.93. The van der Waals surface area contributed by atoms with E-state index in [9.17, 15) is 4.39 Å². The number of hydrogen-bond acceptors (Lipinski definition) is 3. The van der Waals surface area contributed by atoms with Crippen LogP contribution in [0.2, 0.25) is 0 Å². The quantitative estimate of drug-likeness (QED) is 0.884. The standard InChI is InChI=1S/C13H17FN2S/c1-3-4-11-8-15-13(17-11)16-10-5-6-12(14)9(2)7-10/h5-7,11H,3-4,8H2,1-2H3,(H,15,16). The van der Waals surface area contributed by atoms with E-state index in [1.54, 1.807) is 24.8 Å². The highest BCUT2D eigenvalue weighted by Gasteiger charge is 2.18. The molecule has 0 amide bonds. The predicted molar refractivity (Wildman–Crippen MR) is 73.3 cm³/mol. The molecule has 1 aromatic carbocycles. The van der Waals surface area contributed by atoms with Crippen molar-refractivity contribution in [2.75, 3.05) is 11.9 Å². The summed E-state index contributed by atoms with van der Waals surface area (Å²) >= 11 is 1.79. The zero-order valence-electron chi connectivity index (χ0n) is 10.2. The van der Waals surface area contributed by atoms with Crippen molar-refractivity contribution in [3.05, 3.63) is 29.6 Å². The molecule has 0 saturated heterocycles. The summed E-state index contributed by atoms with van der Waals surface area (Å²) in [6.45, 7) is 4.85. The highest BCUT2D eigenvalue weighted by Crippen LogP contribution is 2.26. The summed E-state index contributed by atoms with van der Waals surface area (Å²) in [5.41, 5.74) is 1.57. The first-order chi connectivity index (χ1) is 8.19. The Kier molecular flexibility index (Phi) is 4.05. The molecule has 0 saturated carbocycles. The Morgan fingerprint density at radius 2 is 2.35 bits per heavy atom. The molecule has 2 nitrogen and oxygen atoms in total. The van der Waals surface area contributed by atoms with E-state index in [2.05, 4.69) is 17.2 Å². The van der Waals surface area contributed by atoms with Gasteiger partial charge >= 0.3 is 0 Å². The van der Waals surface area contributed by atoms with Crippen molar-refractivity contribution in [3.63, 3.8) is 0 Å². The highest BCUT2D eigenvalue weighted by molar-refractivity contribution is 8.15. The van der Waals surface area contributed by atoms with Gasteiger partial charge in [-0.2, -0.15) is 0 Å². The minimum Gasteiger partial charge on any atom is -0.335 e.